The molecule has 0 N–H and O–H groups in total. The molecule has 0 fully saturated rings. The number of aromatic nitrogens is 1. The Hall–Kier alpha value is -1.36. The van der Waals surface area contributed by atoms with Gasteiger partial charge in [-0.2, -0.15) is 13.2 Å². The zero-order valence-electron chi connectivity index (χ0n) is 8.50. The van der Waals surface area contributed by atoms with Gasteiger partial charge >= 0.3 is 6.18 Å². The van der Waals surface area contributed by atoms with Crippen molar-refractivity contribution in [1.82, 2.24) is 4.98 Å². The van der Waals surface area contributed by atoms with E-state index in [2.05, 4.69) is 20.9 Å². The van der Waals surface area contributed by atoms with E-state index in [-0.39, 0.29) is 0 Å². The maximum absolute atomic E-state index is 12.6. The van der Waals surface area contributed by atoms with Crippen LogP contribution in [-0.2, 0) is 6.18 Å². The monoisotopic (exact) mass is 301 g/mol. The molecule has 2 aromatic rings. The largest absolute Gasteiger partial charge is 0.416 e. The first kappa shape index (κ1) is 12.1. The smallest absolute Gasteiger partial charge is 0.264 e. The van der Waals surface area contributed by atoms with E-state index in [1.807, 2.05) is 0 Å². The zero-order valence-corrected chi connectivity index (χ0v) is 10.1. The summed E-state index contributed by atoms with van der Waals surface area (Å²) in [5.74, 6) is 0. The third-order valence-electron chi connectivity index (χ3n) is 2.27. The fourth-order valence-corrected chi connectivity index (χ4v) is 1.95. The molecular weight excluding hydrogens is 295 g/mol. The molecule has 0 atom stereocenters. The predicted molar refractivity (Wildman–Crippen MR) is 62.4 cm³/mol. The van der Waals surface area contributed by atoms with E-state index in [4.69, 9.17) is 0 Å². The Labute approximate surface area is 104 Å². The van der Waals surface area contributed by atoms with Gasteiger partial charge in [0.2, 0.25) is 0 Å². The third-order valence-corrected chi connectivity index (χ3v) is 2.91. The quantitative estimate of drug-likeness (QED) is 0.754. The van der Waals surface area contributed by atoms with E-state index in [1.165, 1.54) is 6.07 Å². The van der Waals surface area contributed by atoms with Crippen LogP contribution in [-0.4, -0.2) is 4.98 Å². The lowest BCUT2D eigenvalue weighted by molar-refractivity contribution is -0.137. The molecule has 0 spiro atoms. The van der Waals surface area contributed by atoms with Crippen LogP contribution in [0.4, 0.5) is 13.2 Å². The van der Waals surface area contributed by atoms with Crippen LogP contribution in [0.2, 0.25) is 0 Å². The molecule has 88 valence electrons. The summed E-state index contributed by atoms with van der Waals surface area (Å²) >= 11 is 3.26. The first-order chi connectivity index (χ1) is 7.98. The minimum atomic E-state index is -4.32. The first-order valence-electron chi connectivity index (χ1n) is 4.75. The first-order valence-corrected chi connectivity index (χ1v) is 5.55. The highest BCUT2D eigenvalue weighted by Gasteiger charge is 2.30. The van der Waals surface area contributed by atoms with Gasteiger partial charge in [-0.05, 0) is 45.3 Å². The van der Waals surface area contributed by atoms with Gasteiger partial charge in [0.15, 0.2) is 0 Å². The van der Waals surface area contributed by atoms with Crippen molar-refractivity contribution < 1.29 is 13.2 Å². The van der Waals surface area contributed by atoms with Gasteiger partial charge in [0.1, 0.15) is 0 Å². The molecule has 0 saturated heterocycles. The van der Waals surface area contributed by atoms with Crippen molar-refractivity contribution in [3.05, 3.63) is 52.8 Å². The lowest BCUT2D eigenvalue weighted by Gasteiger charge is -2.09. The van der Waals surface area contributed by atoms with E-state index in [1.54, 1.807) is 24.5 Å². The second-order valence-corrected chi connectivity index (χ2v) is 4.29. The maximum Gasteiger partial charge on any atom is 0.416 e. The Morgan fingerprint density at radius 2 is 1.88 bits per heavy atom. The van der Waals surface area contributed by atoms with E-state index < -0.39 is 11.7 Å². The van der Waals surface area contributed by atoms with E-state index in [9.17, 15) is 13.2 Å². The molecule has 2 rings (SSSR count). The minimum absolute atomic E-state index is 0.508. The molecule has 5 heteroatoms. The number of halogens is 4. The van der Waals surface area contributed by atoms with E-state index >= 15 is 0 Å². The third kappa shape index (κ3) is 2.66. The molecule has 1 nitrogen and oxygen atoms in total. The maximum atomic E-state index is 12.6. The van der Waals surface area contributed by atoms with Gasteiger partial charge in [0.05, 0.1) is 5.56 Å². The van der Waals surface area contributed by atoms with Crippen molar-refractivity contribution in [2.45, 2.75) is 6.18 Å². The van der Waals surface area contributed by atoms with Crippen molar-refractivity contribution >= 4 is 15.9 Å². The molecule has 0 bridgehead atoms. The summed E-state index contributed by atoms with van der Waals surface area (Å²) in [4.78, 5) is 3.87. The van der Waals surface area contributed by atoms with Crippen LogP contribution < -0.4 is 0 Å². The number of pyridine rings is 1. The average molecular weight is 302 g/mol. The van der Waals surface area contributed by atoms with Crippen molar-refractivity contribution in [1.29, 1.82) is 0 Å². The molecule has 0 aliphatic heterocycles. The molecule has 0 radical (unpaired) electrons. The van der Waals surface area contributed by atoms with Crippen molar-refractivity contribution in [2.24, 2.45) is 0 Å². The Bertz CT molecular complexity index is 537. The van der Waals surface area contributed by atoms with Crippen LogP contribution in [0.1, 0.15) is 5.56 Å². The number of alkyl halides is 3. The molecule has 0 unspecified atom stereocenters. The average Bonchev–Trinajstić information content (AvgIpc) is 2.29. The summed E-state index contributed by atoms with van der Waals surface area (Å²) in [5.41, 5.74) is 0.541. The topological polar surface area (TPSA) is 12.9 Å². The highest BCUT2D eigenvalue weighted by Crippen LogP contribution is 2.33. The Kier molecular flexibility index (Phi) is 3.19. The molecule has 1 heterocycles. The predicted octanol–water partition coefficient (Wildman–Crippen LogP) is 4.53. The van der Waals surface area contributed by atoms with Gasteiger partial charge in [-0.3, -0.25) is 4.98 Å². The highest BCUT2D eigenvalue weighted by atomic mass is 79.9. The van der Waals surface area contributed by atoms with Gasteiger partial charge in [-0.1, -0.05) is 12.1 Å². The Morgan fingerprint density at radius 1 is 1.12 bits per heavy atom. The normalized spacial score (nSPS) is 11.5. The Morgan fingerprint density at radius 3 is 2.53 bits per heavy atom. The van der Waals surface area contributed by atoms with Crippen LogP contribution in [0.3, 0.4) is 0 Å². The van der Waals surface area contributed by atoms with Crippen LogP contribution in [0.25, 0.3) is 11.1 Å². The lowest BCUT2D eigenvalue weighted by atomic mass is 10.0. The molecule has 1 aromatic heterocycles. The summed E-state index contributed by atoms with van der Waals surface area (Å²) in [7, 11) is 0. The molecule has 17 heavy (non-hydrogen) atoms. The number of hydrogen-bond acceptors (Lipinski definition) is 1. The van der Waals surface area contributed by atoms with Crippen LogP contribution >= 0.6 is 15.9 Å². The number of hydrogen-bond donors (Lipinski definition) is 0. The summed E-state index contributed by atoms with van der Waals surface area (Å²) in [6.45, 7) is 0. The summed E-state index contributed by atoms with van der Waals surface area (Å²) in [6.07, 6.45) is -1.23. The van der Waals surface area contributed by atoms with Crippen molar-refractivity contribution in [2.75, 3.05) is 0 Å². The number of rotatable bonds is 1. The molecule has 0 aliphatic rings. The van der Waals surface area contributed by atoms with Gasteiger partial charge < -0.3 is 0 Å². The van der Waals surface area contributed by atoms with Crippen molar-refractivity contribution in [3.63, 3.8) is 0 Å². The molecule has 1 aromatic carbocycles. The van der Waals surface area contributed by atoms with Crippen molar-refractivity contribution in [3.8, 4) is 11.1 Å². The summed E-state index contributed by atoms with van der Waals surface area (Å²) in [5, 5.41) is 0. The van der Waals surface area contributed by atoms with Gasteiger partial charge in [-0.15, -0.1) is 0 Å². The molecule has 0 saturated carbocycles. The Balaban J connectivity index is 2.51. The summed E-state index contributed by atoms with van der Waals surface area (Å²) in [6, 6.07) is 6.87. The zero-order chi connectivity index (χ0) is 12.5. The highest BCUT2D eigenvalue weighted by molar-refractivity contribution is 9.10. The SMILES string of the molecule is FC(F)(F)c1cccc(-c2ccncc2Br)c1. The molecule has 0 aliphatic carbocycles. The van der Waals surface area contributed by atoms with Gasteiger partial charge in [-0.25, -0.2) is 0 Å². The van der Waals surface area contributed by atoms with E-state index in [0.29, 0.717) is 15.6 Å². The minimum Gasteiger partial charge on any atom is -0.264 e. The second-order valence-electron chi connectivity index (χ2n) is 3.43. The van der Waals surface area contributed by atoms with Crippen LogP contribution in [0.15, 0.2) is 47.2 Å². The fourth-order valence-electron chi connectivity index (χ4n) is 1.47. The molecule has 0 amide bonds. The second kappa shape index (κ2) is 4.49. The van der Waals surface area contributed by atoms with E-state index in [0.717, 1.165) is 12.1 Å². The van der Waals surface area contributed by atoms with Crippen LogP contribution in [0.5, 0.6) is 0 Å². The number of benzene rings is 1. The fraction of sp³-hybridized carbons (Fsp3) is 0.0833. The van der Waals surface area contributed by atoms with Gasteiger partial charge in [0.25, 0.3) is 0 Å². The van der Waals surface area contributed by atoms with Gasteiger partial charge in [0, 0.05) is 16.9 Å². The summed E-state index contributed by atoms with van der Waals surface area (Å²) < 4.78 is 38.3. The standard InChI is InChI=1S/C12H7BrF3N/c13-11-7-17-5-4-10(11)8-2-1-3-9(6-8)12(14,15)16/h1-7H. The van der Waals surface area contributed by atoms with Crippen LogP contribution in [0, 0.1) is 0 Å². The number of nitrogens with zero attached hydrogens (tertiary/aromatic N) is 1. The lowest BCUT2D eigenvalue weighted by Crippen LogP contribution is -2.04. The molecular formula is C12H7BrF3N.